The molecule has 1 aromatic rings. The highest BCUT2D eigenvalue weighted by molar-refractivity contribution is 7.80. The molecule has 1 rings (SSSR count). The summed E-state index contributed by atoms with van der Waals surface area (Å²) >= 11 is 4.71. The molecule has 0 saturated heterocycles. The summed E-state index contributed by atoms with van der Waals surface area (Å²) in [6.45, 7) is 2.18. The zero-order valence-corrected chi connectivity index (χ0v) is 9.25. The van der Waals surface area contributed by atoms with Crippen molar-refractivity contribution in [3.63, 3.8) is 0 Å². The second-order valence-electron chi connectivity index (χ2n) is 2.84. The summed E-state index contributed by atoms with van der Waals surface area (Å²) < 4.78 is 9.94. The summed E-state index contributed by atoms with van der Waals surface area (Å²) in [6, 6.07) is 8.82. The van der Waals surface area contributed by atoms with E-state index in [1.165, 1.54) is 0 Å². The van der Waals surface area contributed by atoms with Gasteiger partial charge in [0, 0.05) is 6.92 Å². The molecular formula is C11H12O3S. The van der Waals surface area contributed by atoms with E-state index in [1.54, 1.807) is 31.2 Å². The summed E-state index contributed by atoms with van der Waals surface area (Å²) in [5.41, 5.74) is 0.538. The smallest absolute Gasteiger partial charge is 0.338 e. The van der Waals surface area contributed by atoms with E-state index in [0.29, 0.717) is 17.2 Å². The molecule has 0 saturated carbocycles. The van der Waals surface area contributed by atoms with Gasteiger partial charge in [-0.3, -0.25) is 0 Å². The Labute approximate surface area is 94.0 Å². The van der Waals surface area contributed by atoms with Gasteiger partial charge in [-0.15, -0.1) is 0 Å². The van der Waals surface area contributed by atoms with Crippen LogP contribution in [0.1, 0.15) is 17.3 Å². The lowest BCUT2D eigenvalue weighted by Crippen LogP contribution is -2.11. The van der Waals surface area contributed by atoms with Crippen molar-refractivity contribution in [3.8, 4) is 0 Å². The van der Waals surface area contributed by atoms with E-state index in [4.69, 9.17) is 21.7 Å². The Kier molecular flexibility index (Phi) is 4.77. The van der Waals surface area contributed by atoms with E-state index < -0.39 is 0 Å². The summed E-state index contributed by atoms with van der Waals surface area (Å²) in [6.07, 6.45) is 0. The first kappa shape index (κ1) is 11.7. The maximum absolute atomic E-state index is 11.4. The lowest BCUT2D eigenvalue weighted by molar-refractivity contribution is 0.0445. The van der Waals surface area contributed by atoms with E-state index in [1.807, 2.05) is 6.07 Å². The number of hydrogen-bond acceptors (Lipinski definition) is 4. The minimum Gasteiger partial charge on any atom is -0.484 e. The summed E-state index contributed by atoms with van der Waals surface area (Å²) in [4.78, 5) is 11.4. The first-order valence-corrected chi connectivity index (χ1v) is 4.96. The summed E-state index contributed by atoms with van der Waals surface area (Å²) in [7, 11) is 0. The molecule has 0 atom stereocenters. The Morgan fingerprint density at radius 3 is 2.40 bits per heavy atom. The normalized spacial score (nSPS) is 9.40. The van der Waals surface area contributed by atoms with Crippen LogP contribution in [0.4, 0.5) is 0 Å². The Bertz CT molecular complexity index is 335. The van der Waals surface area contributed by atoms with Gasteiger partial charge in [0.25, 0.3) is 0 Å². The number of carbonyl (C=O) groups excluding carboxylic acids is 1. The van der Waals surface area contributed by atoms with Crippen LogP contribution in [0.25, 0.3) is 0 Å². The maximum Gasteiger partial charge on any atom is 0.338 e. The molecule has 0 aliphatic carbocycles. The van der Waals surface area contributed by atoms with Gasteiger partial charge in [-0.25, -0.2) is 4.79 Å². The number of rotatable bonds is 4. The molecule has 0 fully saturated rings. The minimum atomic E-state index is -0.346. The van der Waals surface area contributed by atoms with Gasteiger partial charge in [0.2, 0.25) is 0 Å². The predicted molar refractivity (Wildman–Crippen MR) is 60.9 cm³/mol. The largest absolute Gasteiger partial charge is 0.484 e. The fraction of sp³-hybridized carbons (Fsp3) is 0.273. The highest BCUT2D eigenvalue weighted by Crippen LogP contribution is 2.00. The number of esters is 1. The number of ether oxygens (including phenoxy) is 2. The molecule has 0 aliphatic rings. The standard InChI is InChI=1S/C11H12O3S/c1-9(15)13-7-8-14-11(12)10-5-3-2-4-6-10/h2-6H,7-8H2,1H3. The van der Waals surface area contributed by atoms with Crippen molar-refractivity contribution in [2.45, 2.75) is 6.92 Å². The van der Waals surface area contributed by atoms with Gasteiger partial charge in [-0.05, 0) is 24.4 Å². The van der Waals surface area contributed by atoms with E-state index in [0.717, 1.165) is 0 Å². The van der Waals surface area contributed by atoms with Gasteiger partial charge in [0.1, 0.15) is 13.2 Å². The average Bonchev–Trinajstić information content (AvgIpc) is 2.25. The Balaban J connectivity index is 2.28. The Morgan fingerprint density at radius 1 is 1.20 bits per heavy atom. The molecule has 0 bridgehead atoms. The van der Waals surface area contributed by atoms with Crippen LogP contribution < -0.4 is 0 Å². The second kappa shape index (κ2) is 6.14. The molecule has 0 unspecified atom stereocenters. The lowest BCUT2D eigenvalue weighted by atomic mass is 10.2. The first-order valence-electron chi connectivity index (χ1n) is 4.55. The van der Waals surface area contributed by atoms with Gasteiger partial charge in [0.05, 0.1) is 5.56 Å². The average molecular weight is 224 g/mol. The molecular weight excluding hydrogens is 212 g/mol. The van der Waals surface area contributed by atoms with Crippen LogP contribution >= 0.6 is 12.2 Å². The molecule has 0 amide bonds. The van der Waals surface area contributed by atoms with Crippen molar-refractivity contribution < 1.29 is 14.3 Å². The van der Waals surface area contributed by atoms with Crippen LogP contribution in [-0.4, -0.2) is 24.2 Å². The Morgan fingerprint density at radius 2 is 1.80 bits per heavy atom. The molecule has 0 N–H and O–H groups in total. The van der Waals surface area contributed by atoms with Crippen molar-refractivity contribution in [2.24, 2.45) is 0 Å². The highest BCUT2D eigenvalue weighted by Gasteiger charge is 2.04. The monoisotopic (exact) mass is 224 g/mol. The number of carbonyl (C=O) groups is 1. The Hall–Kier alpha value is -1.42. The molecule has 0 aliphatic heterocycles. The van der Waals surface area contributed by atoms with Crippen LogP contribution in [0.5, 0.6) is 0 Å². The fourth-order valence-corrected chi connectivity index (χ4v) is 1.06. The topological polar surface area (TPSA) is 35.5 Å². The lowest BCUT2D eigenvalue weighted by Gasteiger charge is -2.05. The summed E-state index contributed by atoms with van der Waals surface area (Å²) in [5, 5.41) is 0.450. The van der Waals surface area contributed by atoms with Crippen LogP contribution in [0.3, 0.4) is 0 Å². The van der Waals surface area contributed by atoms with E-state index in [2.05, 4.69) is 0 Å². The van der Waals surface area contributed by atoms with E-state index in [9.17, 15) is 4.79 Å². The zero-order chi connectivity index (χ0) is 11.1. The molecule has 1 aromatic carbocycles. The van der Waals surface area contributed by atoms with Gasteiger partial charge >= 0.3 is 5.97 Å². The number of hydrogen-bond donors (Lipinski definition) is 0. The third-order valence-corrected chi connectivity index (χ3v) is 1.75. The zero-order valence-electron chi connectivity index (χ0n) is 8.43. The van der Waals surface area contributed by atoms with Crippen molar-refractivity contribution in [1.82, 2.24) is 0 Å². The minimum absolute atomic E-state index is 0.210. The van der Waals surface area contributed by atoms with Gasteiger partial charge in [-0.2, -0.15) is 0 Å². The van der Waals surface area contributed by atoms with Crippen molar-refractivity contribution in [3.05, 3.63) is 35.9 Å². The molecule has 80 valence electrons. The van der Waals surface area contributed by atoms with Crippen molar-refractivity contribution >= 4 is 23.2 Å². The van der Waals surface area contributed by atoms with Crippen molar-refractivity contribution in [1.29, 1.82) is 0 Å². The van der Waals surface area contributed by atoms with Crippen LogP contribution in [-0.2, 0) is 9.47 Å². The molecule has 3 nitrogen and oxygen atoms in total. The quantitative estimate of drug-likeness (QED) is 0.446. The second-order valence-corrected chi connectivity index (χ2v) is 3.42. The third-order valence-electron chi connectivity index (χ3n) is 1.63. The molecule has 0 aromatic heterocycles. The number of benzene rings is 1. The van der Waals surface area contributed by atoms with Crippen molar-refractivity contribution in [2.75, 3.05) is 13.2 Å². The molecule has 15 heavy (non-hydrogen) atoms. The van der Waals surface area contributed by atoms with Gasteiger partial charge in [-0.1, -0.05) is 18.2 Å². The molecule has 0 heterocycles. The highest BCUT2D eigenvalue weighted by atomic mass is 32.1. The third kappa shape index (κ3) is 4.56. The van der Waals surface area contributed by atoms with E-state index in [-0.39, 0.29) is 12.6 Å². The first-order chi connectivity index (χ1) is 7.20. The van der Waals surface area contributed by atoms with Crippen LogP contribution in [0, 0.1) is 0 Å². The fourth-order valence-electron chi connectivity index (χ4n) is 0.977. The van der Waals surface area contributed by atoms with Crippen LogP contribution in [0.2, 0.25) is 0 Å². The molecule has 0 spiro atoms. The molecule has 0 radical (unpaired) electrons. The SMILES string of the molecule is CC(=S)OCCOC(=O)c1ccccc1. The van der Waals surface area contributed by atoms with Crippen LogP contribution in [0.15, 0.2) is 30.3 Å². The van der Waals surface area contributed by atoms with Gasteiger partial charge in [0.15, 0.2) is 5.05 Å². The predicted octanol–water partition coefficient (Wildman–Crippen LogP) is 2.21. The number of thiocarbonyl (C=S) groups is 1. The maximum atomic E-state index is 11.4. The molecule has 4 heteroatoms. The van der Waals surface area contributed by atoms with E-state index >= 15 is 0 Å². The summed E-state index contributed by atoms with van der Waals surface area (Å²) in [5.74, 6) is -0.346. The van der Waals surface area contributed by atoms with Gasteiger partial charge < -0.3 is 9.47 Å².